The molecule has 1 saturated heterocycles. The summed E-state index contributed by atoms with van der Waals surface area (Å²) in [6.07, 6.45) is 8.03. The maximum atomic E-state index is 6.02. The Bertz CT molecular complexity index is 161. The first-order valence-corrected chi connectivity index (χ1v) is 5.20. The molecule has 1 unspecified atom stereocenters. The zero-order valence-electron chi connectivity index (χ0n) is 8.05. The first kappa shape index (κ1) is 8.52. The van der Waals surface area contributed by atoms with Crippen LogP contribution in [-0.4, -0.2) is 30.1 Å². The zero-order chi connectivity index (χ0) is 8.60. The quantitative estimate of drug-likeness (QED) is 0.591. The van der Waals surface area contributed by atoms with Crippen molar-refractivity contribution in [3.05, 3.63) is 0 Å². The van der Waals surface area contributed by atoms with Gasteiger partial charge in [0.05, 0.1) is 0 Å². The van der Waals surface area contributed by atoms with Gasteiger partial charge in [0.25, 0.3) is 0 Å². The van der Waals surface area contributed by atoms with Gasteiger partial charge in [-0.2, -0.15) is 0 Å². The van der Waals surface area contributed by atoms with Crippen LogP contribution in [0.1, 0.15) is 38.5 Å². The highest BCUT2D eigenvalue weighted by atomic mass is 15.2. The molecule has 2 N–H and O–H groups in total. The van der Waals surface area contributed by atoms with Crippen LogP contribution < -0.4 is 5.73 Å². The molecule has 2 nitrogen and oxygen atoms in total. The van der Waals surface area contributed by atoms with E-state index in [9.17, 15) is 0 Å². The number of nitrogens with two attached hydrogens (primary N) is 1. The maximum Gasteiger partial charge on any atom is 0.0221 e. The Hall–Kier alpha value is -0.0800. The molecule has 2 heteroatoms. The molecular formula is C10H20N2. The summed E-state index contributed by atoms with van der Waals surface area (Å²) in [4.78, 5) is 2.56. The van der Waals surface area contributed by atoms with Gasteiger partial charge in [0.15, 0.2) is 0 Å². The summed E-state index contributed by atoms with van der Waals surface area (Å²) in [5.74, 6) is 0. The van der Waals surface area contributed by atoms with Crippen molar-refractivity contribution in [2.75, 3.05) is 13.6 Å². The van der Waals surface area contributed by atoms with Crippen LogP contribution in [0.25, 0.3) is 0 Å². The Morgan fingerprint density at radius 2 is 2.00 bits per heavy atom. The Morgan fingerprint density at radius 1 is 1.33 bits per heavy atom. The first-order valence-electron chi connectivity index (χ1n) is 5.20. The molecule has 0 aromatic carbocycles. The maximum absolute atomic E-state index is 6.02. The number of piperidine rings is 1. The molecule has 12 heavy (non-hydrogen) atoms. The van der Waals surface area contributed by atoms with Gasteiger partial charge in [0, 0.05) is 11.6 Å². The highest BCUT2D eigenvalue weighted by Gasteiger charge is 2.41. The van der Waals surface area contributed by atoms with Crippen LogP contribution in [0.3, 0.4) is 0 Å². The van der Waals surface area contributed by atoms with Gasteiger partial charge in [0.2, 0.25) is 0 Å². The summed E-state index contributed by atoms with van der Waals surface area (Å²) in [7, 11) is 2.28. The molecule has 1 aliphatic carbocycles. The van der Waals surface area contributed by atoms with E-state index in [1.54, 1.807) is 0 Å². The predicted molar refractivity (Wildman–Crippen MR) is 51.0 cm³/mol. The third-order valence-electron chi connectivity index (χ3n) is 3.82. The summed E-state index contributed by atoms with van der Waals surface area (Å²) in [6, 6.07) is 0.472. The van der Waals surface area contributed by atoms with Crippen LogP contribution in [0.5, 0.6) is 0 Å². The minimum absolute atomic E-state index is 0.472. The number of likely N-dealkylation sites (tertiary alicyclic amines) is 1. The fourth-order valence-corrected chi connectivity index (χ4v) is 2.96. The Morgan fingerprint density at radius 3 is 2.67 bits per heavy atom. The smallest absolute Gasteiger partial charge is 0.0221 e. The molecule has 2 fully saturated rings. The van der Waals surface area contributed by atoms with E-state index in [4.69, 9.17) is 5.73 Å². The Labute approximate surface area is 75.1 Å². The fraction of sp³-hybridized carbons (Fsp3) is 1.00. The molecule has 70 valence electrons. The SMILES string of the molecule is CN1CCC(N)CC12CCCC2. The van der Waals surface area contributed by atoms with Crippen LogP contribution in [-0.2, 0) is 0 Å². The van der Waals surface area contributed by atoms with Crippen LogP contribution in [0.4, 0.5) is 0 Å². The van der Waals surface area contributed by atoms with E-state index in [0.29, 0.717) is 11.6 Å². The summed E-state index contributed by atoms with van der Waals surface area (Å²) in [5.41, 5.74) is 6.54. The highest BCUT2D eigenvalue weighted by Crippen LogP contribution is 2.40. The molecule has 2 aliphatic rings. The summed E-state index contributed by atoms with van der Waals surface area (Å²) in [6.45, 7) is 1.21. The normalized spacial score (nSPS) is 36.0. The van der Waals surface area contributed by atoms with E-state index >= 15 is 0 Å². The van der Waals surface area contributed by atoms with Gasteiger partial charge in [0.1, 0.15) is 0 Å². The van der Waals surface area contributed by atoms with Crippen molar-refractivity contribution in [1.29, 1.82) is 0 Å². The lowest BCUT2D eigenvalue weighted by Crippen LogP contribution is -2.53. The molecule has 0 aromatic rings. The van der Waals surface area contributed by atoms with Crippen molar-refractivity contribution in [1.82, 2.24) is 4.90 Å². The molecule has 1 heterocycles. The molecule has 2 rings (SSSR count). The topological polar surface area (TPSA) is 29.3 Å². The van der Waals surface area contributed by atoms with Crippen molar-refractivity contribution in [3.8, 4) is 0 Å². The second-order valence-corrected chi connectivity index (χ2v) is 4.61. The second-order valence-electron chi connectivity index (χ2n) is 4.61. The van der Waals surface area contributed by atoms with Crippen molar-refractivity contribution >= 4 is 0 Å². The molecule has 0 bridgehead atoms. The predicted octanol–water partition coefficient (Wildman–Crippen LogP) is 1.35. The van der Waals surface area contributed by atoms with E-state index in [0.717, 1.165) is 0 Å². The molecule has 0 radical (unpaired) electrons. The number of nitrogens with zero attached hydrogens (tertiary/aromatic N) is 1. The van der Waals surface area contributed by atoms with Crippen LogP contribution >= 0.6 is 0 Å². The number of hydrogen-bond acceptors (Lipinski definition) is 2. The van der Waals surface area contributed by atoms with Crippen molar-refractivity contribution in [3.63, 3.8) is 0 Å². The van der Waals surface area contributed by atoms with Crippen molar-refractivity contribution in [2.24, 2.45) is 5.73 Å². The van der Waals surface area contributed by atoms with Gasteiger partial charge in [-0.05, 0) is 39.3 Å². The molecule has 1 atom stereocenters. The highest BCUT2D eigenvalue weighted by molar-refractivity contribution is 4.99. The fourth-order valence-electron chi connectivity index (χ4n) is 2.96. The molecular weight excluding hydrogens is 148 g/mol. The largest absolute Gasteiger partial charge is 0.328 e. The third-order valence-corrected chi connectivity index (χ3v) is 3.82. The average Bonchev–Trinajstić information content (AvgIpc) is 2.48. The monoisotopic (exact) mass is 168 g/mol. The lowest BCUT2D eigenvalue weighted by molar-refractivity contribution is 0.0684. The van der Waals surface area contributed by atoms with Crippen LogP contribution in [0, 0.1) is 0 Å². The van der Waals surface area contributed by atoms with Gasteiger partial charge in [-0.1, -0.05) is 12.8 Å². The van der Waals surface area contributed by atoms with Crippen molar-refractivity contribution < 1.29 is 0 Å². The molecule has 1 saturated carbocycles. The second kappa shape index (κ2) is 3.00. The third kappa shape index (κ3) is 1.27. The zero-order valence-corrected chi connectivity index (χ0v) is 8.05. The van der Waals surface area contributed by atoms with Crippen LogP contribution in [0.15, 0.2) is 0 Å². The standard InChI is InChI=1S/C10H20N2/c1-12-7-4-9(11)8-10(12)5-2-3-6-10/h9H,2-8,11H2,1H3. The van der Waals surface area contributed by atoms with E-state index in [2.05, 4.69) is 11.9 Å². The lowest BCUT2D eigenvalue weighted by atomic mass is 9.83. The molecule has 1 aliphatic heterocycles. The summed E-state index contributed by atoms with van der Waals surface area (Å²) in [5, 5.41) is 0. The van der Waals surface area contributed by atoms with Crippen LogP contribution in [0.2, 0.25) is 0 Å². The molecule has 0 aromatic heterocycles. The van der Waals surface area contributed by atoms with E-state index in [1.165, 1.54) is 45.1 Å². The number of rotatable bonds is 0. The Kier molecular flexibility index (Phi) is 2.13. The first-order chi connectivity index (χ1) is 5.73. The van der Waals surface area contributed by atoms with E-state index < -0.39 is 0 Å². The van der Waals surface area contributed by atoms with Gasteiger partial charge >= 0.3 is 0 Å². The summed E-state index contributed by atoms with van der Waals surface area (Å²) < 4.78 is 0. The van der Waals surface area contributed by atoms with Crippen molar-refractivity contribution in [2.45, 2.75) is 50.1 Å². The van der Waals surface area contributed by atoms with Gasteiger partial charge < -0.3 is 10.6 Å². The van der Waals surface area contributed by atoms with E-state index in [1.807, 2.05) is 0 Å². The minimum atomic E-state index is 0.472. The molecule has 0 amide bonds. The number of hydrogen-bond donors (Lipinski definition) is 1. The average molecular weight is 168 g/mol. The van der Waals surface area contributed by atoms with E-state index in [-0.39, 0.29) is 0 Å². The Balaban J connectivity index is 2.09. The van der Waals surface area contributed by atoms with Gasteiger partial charge in [-0.25, -0.2) is 0 Å². The molecule has 1 spiro atoms. The summed E-state index contributed by atoms with van der Waals surface area (Å²) >= 11 is 0. The van der Waals surface area contributed by atoms with Gasteiger partial charge in [-0.3, -0.25) is 0 Å². The lowest BCUT2D eigenvalue weighted by Gasteiger charge is -2.45. The minimum Gasteiger partial charge on any atom is -0.328 e. The van der Waals surface area contributed by atoms with Gasteiger partial charge in [-0.15, -0.1) is 0 Å².